The maximum atomic E-state index is 12.1. The van der Waals surface area contributed by atoms with Crippen molar-refractivity contribution in [1.29, 1.82) is 0 Å². The molecule has 122 valence electrons. The van der Waals surface area contributed by atoms with Crippen LogP contribution in [0.1, 0.15) is 25.7 Å². The lowest BCUT2D eigenvalue weighted by Gasteiger charge is -2.33. The van der Waals surface area contributed by atoms with Crippen LogP contribution in [0.4, 0.5) is 0 Å². The van der Waals surface area contributed by atoms with Gasteiger partial charge in [0.05, 0.1) is 11.9 Å². The molecule has 0 aromatic rings. The third kappa shape index (κ3) is 4.64. The molecule has 2 aliphatic rings. The van der Waals surface area contributed by atoms with E-state index in [2.05, 4.69) is 5.32 Å². The van der Waals surface area contributed by atoms with Gasteiger partial charge in [0.1, 0.15) is 0 Å². The third-order valence-electron chi connectivity index (χ3n) is 4.31. The van der Waals surface area contributed by atoms with Crippen LogP contribution in [0.25, 0.3) is 0 Å². The highest BCUT2D eigenvalue weighted by Gasteiger charge is 2.33. The molecule has 0 aliphatic carbocycles. The fraction of sp³-hybridized carbons (Fsp3) is 0.923. The summed E-state index contributed by atoms with van der Waals surface area (Å²) in [5.41, 5.74) is -0.874. The number of rotatable bonds is 4. The summed E-state index contributed by atoms with van der Waals surface area (Å²) in [6.07, 6.45) is 3.30. The van der Waals surface area contributed by atoms with Gasteiger partial charge >= 0.3 is 0 Å². The van der Waals surface area contributed by atoms with Crippen LogP contribution in [0.15, 0.2) is 0 Å². The number of sulfonamides is 1. The SMILES string of the molecule is CS(=O)(=O)N1CCC(C(=O)NCC2(O)CCOCC2)CC1. The van der Waals surface area contributed by atoms with Crippen molar-refractivity contribution in [2.75, 3.05) is 39.1 Å². The first-order valence-corrected chi connectivity index (χ1v) is 9.18. The molecule has 0 aromatic carbocycles. The molecule has 2 rings (SSSR count). The average Bonchev–Trinajstić information content (AvgIpc) is 2.45. The Labute approximate surface area is 125 Å². The minimum Gasteiger partial charge on any atom is -0.388 e. The van der Waals surface area contributed by atoms with E-state index in [4.69, 9.17) is 4.74 Å². The Hall–Kier alpha value is -0.700. The number of hydrogen-bond donors (Lipinski definition) is 2. The quantitative estimate of drug-likeness (QED) is 0.715. The van der Waals surface area contributed by atoms with E-state index in [0.29, 0.717) is 52.0 Å². The molecule has 21 heavy (non-hydrogen) atoms. The van der Waals surface area contributed by atoms with Gasteiger partial charge in [0.2, 0.25) is 15.9 Å². The largest absolute Gasteiger partial charge is 0.388 e. The summed E-state index contributed by atoms with van der Waals surface area (Å²) in [5.74, 6) is -0.269. The molecule has 0 atom stereocenters. The summed E-state index contributed by atoms with van der Waals surface area (Å²) in [7, 11) is -3.17. The van der Waals surface area contributed by atoms with Crippen LogP contribution >= 0.6 is 0 Å². The fourth-order valence-electron chi connectivity index (χ4n) is 2.77. The molecule has 0 radical (unpaired) electrons. The summed E-state index contributed by atoms with van der Waals surface area (Å²) in [5, 5.41) is 13.1. The smallest absolute Gasteiger partial charge is 0.223 e. The zero-order chi connectivity index (χ0) is 15.5. The maximum Gasteiger partial charge on any atom is 0.223 e. The summed E-state index contributed by atoms with van der Waals surface area (Å²) in [6.45, 7) is 2.03. The van der Waals surface area contributed by atoms with Gasteiger partial charge in [-0.2, -0.15) is 0 Å². The Morgan fingerprint density at radius 3 is 2.43 bits per heavy atom. The molecule has 2 N–H and O–H groups in total. The van der Waals surface area contributed by atoms with Gasteiger partial charge in [-0.05, 0) is 12.8 Å². The van der Waals surface area contributed by atoms with Gasteiger partial charge in [-0.25, -0.2) is 12.7 Å². The Balaban J connectivity index is 1.77. The molecule has 7 nitrogen and oxygen atoms in total. The van der Waals surface area contributed by atoms with E-state index in [-0.39, 0.29) is 18.4 Å². The first kappa shape index (κ1) is 16.7. The van der Waals surface area contributed by atoms with Crippen molar-refractivity contribution in [1.82, 2.24) is 9.62 Å². The Kier molecular flexibility index (Phi) is 5.24. The molecule has 2 heterocycles. The van der Waals surface area contributed by atoms with Crippen LogP contribution < -0.4 is 5.32 Å². The summed E-state index contributed by atoms with van der Waals surface area (Å²) in [6, 6.07) is 0. The van der Waals surface area contributed by atoms with E-state index >= 15 is 0 Å². The zero-order valence-electron chi connectivity index (χ0n) is 12.4. The third-order valence-corrected chi connectivity index (χ3v) is 5.61. The molecule has 0 bridgehead atoms. The molecular formula is C13H24N2O5S. The molecule has 0 aromatic heterocycles. The first-order chi connectivity index (χ1) is 9.80. The normalized spacial score (nSPS) is 24.7. The van der Waals surface area contributed by atoms with Gasteiger partial charge in [-0.15, -0.1) is 0 Å². The second-order valence-electron chi connectivity index (χ2n) is 5.99. The van der Waals surface area contributed by atoms with E-state index in [1.807, 2.05) is 0 Å². The predicted octanol–water partition coefficient (Wildman–Crippen LogP) is -0.684. The van der Waals surface area contributed by atoms with Gasteiger partial charge < -0.3 is 15.2 Å². The predicted molar refractivity (Wildman–Crippen MR) is 77.2 cm³/mol. The van der Waals surface area contributed by atoms with Crippen molar-refractivity contribution in [2.45, 2.75) is 31.3 Å². The Morgan fingerprint density at radius 1 is 1.33 bits per heavy atom. The monoisotopic (exact) mass is 320 g/mol. The van der Waals surface area contributed by atoms with Crippen LogP contribution in [0, 0.1) is 5.92 Å². The van der Waals surface area contributed by atoms with Gasteiger partial charge in [0.15, 0.2) is 0 Å². The Bertz CT molecular complexity index is 465. The molecule has 2 fully saturated rings. The van der Waals surface area contributed by atoms with E-state index in [0.717, 1.165) is 0 Å². The highest BCUT2D eigenvalue weighted by molar-refractivity contribution is 7.88. The van der Waals surface area contributed by atoms with Gasteiger partial charge in [-0.1, -0.05) is 0 Å². The van der Waals surface area contributed by atoms with Gasteiger partial charge in [0, 0.05) is 51.6 Å². The lowest BCUT2D eigenvalue weighted by atomic mass is 9.93. The van der Waals surface area contributed by atoms with Crippen LogP contribution in [-0.2, 0) is 19.6 Å². The highest BCUT2D eigenvalue weighted by atomic mass is 32.2. The topological polar surface area (TPSA) is 95.9 Å². The first-order valence-electron chi connectivity index (χ1n) is 7.33. The Morgan fingerprint density at radius 2 is 1.90 bits per heavy atom. The zero-order valence-corrected chi connectivity index (χ0v) is 13.2. The second kappa shape index (κ2) is 6.60. The van der Waals surface area contributed by atoms with Crippen LogP contribution in [0.2, 0.25) is 0 Å². The molecular weight excluding hydrogens is 296 g/mol. The number of piperidine rings is 1. The van der Waals surface area contributed by atoms with Gasteiger partial charge in [-0.3, -0.25) is 4.79 Å². The minimum atomic E-state index is -3.17. The number of carbonyl (C=O) groups is 1. The molecule has 1 amide bonds. The number of aliphatic hydroxyl groups is 1. The maximum absolute atomic E-state index is 12.1. The summed E-state index contributed by atoms with van der Waals surface area (Å²) in [4.78, 5) is 12.1. The number of amides is 1. The van der Waals surface area contributed by atoms with Crippen molar-refractivity contribution >= 4 is 15.9 Å². The molecule has 0 unspecified atom stereocenters. The van der Waals surface area contributed by atoms with Crippen molar-refractivity contribution < 1.29 is 23.1 Å². The van der Waals surface area contributed by atoms with Crippen LogP contribution in [0.3, 0.4) is 0 Å². The minimum absolute atomic E-state index is 0.0944. The number of nitrogens with one attached hydrogen (secondary N) is 1. The summed E-state index contributed by atoms with van der Waals surface area (Å²) >= 11 is 0. The molecule has 2 saturated heterocycles. The second-order valence-corrected chi connectivity index (χ2v) is 7.97. The van der Waals surface area contributed by atoms with E-state index < -0.39 is 15.6 Å². The van der Waals surface area contributed by atoms with E-state index in [1.54, 1.807) is 0 Å². The van der Waals surface area contributed by atoms with Gasteiger partial charge in [0.25, 0.3) is 0 Å². The highest BCUT2D eigenvalue weighted by Crippen LogP contribution is 2.21. The van der Waals surface area contributed by atoms with Crippen molar-refractivity contribution in [3.63, 3.8) is 0 Å². The molecule has 0 spiro atoms. The summed E-state index contributed by atoms with van der Waals surface area (Å²) < 4.78 is 29.4. The molecule has 8 heteroatoms. The van der Waals surface area contributed by atoms with Crippen LogP contribution in [0.5, 0.6) is 0 Å². The average molecular weight is 320 g/mol. The van der Waals surface area contributed by atoms with Crippen LogP contribution in [-0.4, -0.2) is 68.4 Å². The number of ether oxygens (including phenoxy) is 1. The molecule has 2 aliphatic heterocycles. The van der Waals surface area contributed by atoms with Crippen molar-refractivity contribution in [2.24, 2.45) is 5.92 Å². The number of nitrogens with zero attached hydrogens (tertiary/aromatic N) is 1. The van der Waals surface area contributed by atoms with Crippen molar-refractivity contribution in [3.8, 4) is 0 Å². The standard InChI is InChI=1S/C13H24N2O5S/c1-21(18,19)15-6-2-11(3-7-15)12(16)14-10-13(17)4-8-20-9-5-13/h11,17H,2-10H2,1H3,(H,14,16). The lowest BCUT2D eigenvalue weighted by Crippen LogP contribution is -2.49. The fourth-order valence-corrected chi connectivity index (χ4v) is 3.65. The van der Waals surface area contributed by atoms with Crippen molar-refractivity contribution in [3.05, 3.63) is 0 Å². The lowest BCUT2D eigenvalue weighted by molar-refractivity contribution is -0.128. The number of hydrogen-bond acceptors (Lipinski definition) is 5. The number of carbonyl (C=O) groups excluding carboxylic acids is 1. The van der Waals surface area contributed by atoms with E-state index in [9.17, 15) is 18.3 Å². The van der Waals surface area contributed by atoms with E-state index in [1.165, 1.54) is 10.6 Å². The molecule has 0 saturated carbocycles.